The van der Waals surface area contributed by atoms with Crippen LogP contribution >= 0.6 is 0 Å². The molecule has 0 bridgehead atoms. The number of carbonyl (C=O) groups excluding carboxylic acids is 1. The first-order valence-corrected chi connectivity index (χ1v) is 12.6. The molecule has 0 aliphatic carbocycles. The van der Waals surface area contributed by atoms with E-state index in [1.165, 1.54) is 0 Å². The second-order valence-corrected chi connectivity index (χ2v) is 9.81. The van der Waals surface area contributed by atoms with Crippen molar-refractivity contribution in [3.05, 3.63) is 137 Å². The molecule has 174 valence electrons. The number of benzene rings is 4. The highest BCUT2D eigenvalue weighted by atomic mass is 32.2. The monoisotopic (exact) mass is 481 g/mol. The molecule has 1 atom stereocenters. The summed E-state index contributed by atoms with van der Waals surface area (Å²) >= 11 is 0. The first-order chi connectivity index (χ1) is 16.9. The highest BCUT2D eigenvalue weighted by Crippen LogP contribution is 2.43. The summed E-state index contributed by atoms with van der Waals surface area (Å²) in [7, 11) is -4.09. The molecule has 4 aromatic carbocycles. The first-order valence-electron chi connectivity index (χ1n) is 11.2. The normalized spacial score (nSPS) is 15.0. The van der Waals surface area contributed by atoms with Gasteiger partial charge in [-0.1, -0.05) is 91.0 Å². The van der Waals surface area contributed by atoms with Gasteiger partial charge in [0, 0.05) is 22.3 Å². The predicted molar refractivity (Wildman–Crippen MR) is 136 cm³/mol. The fourth-order valence-corrected chi connectivity index (χ4v) is 5.38. The SMILES string of the molecule is CC(NC(=O)c1ccccc1)c1ccc2c(c1)S(=O)(=O)OC(c1ccccc1)=C2c1ccccc1. The molecule has 0 aromatic heterocycles. The lowest BCUT2D eigenvalue weighted by atomic mass is 9.92. The smallest absolute Gasteiger partial charge is 0.339 e. The van der Waals surface area contributed by atoms with Crippen LogP contribution in [0.1, 0.15) is 45.6 Å². The highest BCUT2D eigenvalue weighted by molar-refractivity contribution is 7.87. The summed E-state index contributed by atoms with van der Waals surface area (Å²) in [6.45, 7) is 1.82. The van der Waals surface area contributed by atoms with E-state index in [0.29, 0.717) is 33.6 Å². The maximum absolute atomic E-state index is 13.3. The third-order valence-electron chi connectivity index (χ3n) is 5.95. The molecule has 4 aromatic rings. The Hall–Kier alpha value is -4.16. The van der Waals surface area contributed by atoms with Gasteiger partial charge in [-0.2, -0.15) is 8.42 Å². The van der Waals surface area contributed by atoms with E-state index in [2.05, 4.69) is 5.32 Å². The van der Waals surface area contributed by atoms with Crippen molar-refractivity contribution in [1.29, 1.82) is 0 Å². The van der Waals surface area contributed by atoms with Gasteiger partial charge in [0.15, 0.2) is 5.76 Å². The number of hydrogen-bond acceptors (Lipinski definition) is 4. The molecule has 0 spiro atoms. The molecule has 1 aliphatic rings. The van der Waals surface area contributed by atoms with Gasteiger partial charge < -0.3 is 9.50 Å². The summed E-state index contributed by atoms with van der Waals surface area (Å²) < 4.78 is 32.3. The molecule has 35 heavy (non-hydrogen) atoms. The van der Waals surface area contributed by atoms with E-state index in [0.717, 1.165) is 5.56 Å². The summed E-state index contributed by atoms with van der Waals surface area (Å²) in [5.74, 6) is 0.0636. The van der Waals surface area contributed by atoms with Crippen LogP contribution in [0.3, 0.4) is 0 Å². The summed E-state index contributed by atoms with van der Waals surface area (Å²) in [4.78, 5) is 12.7. The highest BCUT2D eigenvalue weighted by Gasteiger charge is 2.33. The van der Waals surface area contributed by atoms with Gasteiger partial charge in [0.25, 0.3) is 5.91 Å². The molecule has 1 amide bonds. The summed E-state index contributed by atoms with van der Waals surface area (Å²) in [6, 6.07) is 32.5. The van der Waals surface area contributed by atoms with E-state index in [1.54, 1.807) is 36.4 Å². The zero-order valence-corrected chi connectivity index (χ0v) is 19.8. The first kappa shape index (κ1) is 22.6. The standard InChI is InChI=1S/C29H23NO4S/c1-20(30-29(31)23-15-9-4-10-16-23)24-17-18-25-26(19-24)35(32,33)34-28(22-13-7-3-8-14-22)27(25)21-11-5-2-6-12-21/h2-20H,1H3,(H,30,31). The molecule has 5 rings (SSSR count). The van der Waals surface area contributed by atoms with Crippen molar-refractivity contribution in [2.45, 2.75) is 17.9 Å². The lowest BCUT2D eigenvalue weighted by Crippen LogP contribution is -2.27. The molecule has 5 nitrogen and oxygen atoms in total. The van der Waals surface area contributed by atoms with Crippen LogP contribution in [0.5, 0.6) is 0 Å². The van der Waals surface area contributed by atoms with Crippen LogP contribution in [0.2, 0.25) is 0 Å². The Labute approximate surface area is 204 Å². The lowest BCUT2D eigenvalue weighted by Gasteiger charge is -2.25. The van der Waals surface area contributed by atoms with E-state index >= 15 is 0 Å². The molecule has 0 radical (unpaired) electrons. The Kier molecular flexibility index (Phi) is 5.97. The van der Waals surface area contributed by atoms with E-state index < -0.39 is 16.2 Å². The van der Waals surface area contributed by atoms with Crippen molar-refractivity contribution >= 4 is 27.4 Å². The Bertz CT molecular complexity index is 1510. The molecule has 1 heterocycles. The van der Waals surface area contributed by atoms with Crippen molar-refractivity contribution in [2.24, 2.45) is 0 Å². The number of rotatable bonds is 5. The number of nitrogens with one attached hydrogen (secondary N) is 1. The zero-order chi connectivity index (χ0) is 24.4. The van der Waals surface area contributed by atoms with Gasteiger partial charge in [-0.25, -0.2) is 0 Å². The molecule has 0 fully saturated rings. The van der Waals surface area contributed by atoms with Crippen molar-refractivity contribution in [3.63, 3.8) is 0 Å². The summed E-state index contributed by atoms with van der Waals surface area (Å²) in [5.41, 5.74) is 3.99. The van der Waals surface area contributed by atoms with E-state index in [4.69, 9.17) is 4.18 Å². The van der Waals surface area contributed by atoms with Gasteiger partial charge in [-0.3, -0.25) is 4.79 Å². The van der Waals surface area contributed by atoms with Gasteiger partial charge in [-0.05, 0) is 36.2 Å². The minimum Gasteiger partial charge on any atom is -0.378 e. The quantitative estimate of drug-likeness (QED) is 0.365. The van der Waals surface area contributed by atoms with Crippen LogP contribution in [0.25, 0.3) is 11.3 Å². The third-order valence-corrected chi connectivity index (χ3v) is 7.21. The summed E-state index contributed by atoms with van der Waals surface area (Å²) in [5, 5.41) is 2.94. The van der Waals surface area contributed by atoms with Crippen molar-refractivity contribution in [3.8, 4) is 0 Å². The number of amides is 1. The molecule has 1 unspecified atom stereocenters. The Balaban J connectivity index is 1.60. The Morgan fingerprint density at radius 1 is 0.771 bits per heavy atom. The van der Waals surface area contributed by atoms with Crippen LogP contribution in [0.4, 0.5) is 0 Å². The average Bonchev–Trinajstić information content (AvgIpc) is 2.89. The average molecular weight is 482 g/mol. The maximum Gasteiger partial charge on any atom is 0.339 e. The maximum atomic E-state index is 13.3. The molecule has 0 saturated carbocycles. The number of carbonyl (C=O) groups is 1. The van der Waals surface area contributed by atoms with E-state index in [1.807, 2.05) is 79.7 Å². The van der Waals surface area contributed by atoms with Crippen molar-refractivity contribution < 1.29 is 17.4 Å². The lowest BCUT2D eigenvalue weighted by molar-refractivity contribution is 0.0940. The van der Waals surface area contributed by atoms with Gasteiger partial charge in [0.2, 0.25) is 0 Å². The fourth-order valence-electron chi connectivity index (χ4n) is 4.17. The summed E-state index contributed by atoms with van der Waals surface area (Å²) in [6.07, 6.45) is 0. The molecular weight excluding hydrogens is 458 g/mol. The van der Waals surface area contributed by atoms with E-state index in [-0.39, 0.29) is 10.8 Å². The number of fused-ring (bicyclic) bond motifs is 1. The predicted octanol–water partition coefficient (Wildman–Crippen LogP) is 5.81. The third kappa shape index (κ3) is 4.48. The van der Waals surface area contributed by atoms with Gasteiger partial charge in [-0.15, -0.1) is 0 Å². The minimum absolute atomic E-state index is 0.0781. The largest absolute Gasteiger partial charge is 0.378 e. The van der Waals surface area contributed by atoms with Gasteiger partial charge >= 0.3 is 10.1 Å². The molecule has 6 heteroatoms. The Morgan fingerprint density at radius 3 is 1.97 bits per heavy atom. The molecule has 1 aliphatic heterocycles. The van der Waals surface area contributed by atoms with Crippen LogP contribution in [-0.2, 0) is 14.3 Å². The minimum atomic E-state index is -4.09. The molecule has 1 N–H and O–H groups in total. The van der Waals surface area contributed by atoms with Crippen LogP contribution in [0.15, 0.2) is 114 Å². The van der Waals surface area contributed by atoms with Crippen molar-refractivity contribution in [2.75, 3.05) is 0 Å². The topological polar surface area (TPSA) is 72.5 Å². The van der Waals surface area contributed by atoms with Crippen LogP contribution in [-0.4, -0.2) is 14.3 Å². The van der Waals surface area contributed by atoms with Gasteiger partial charge in [0.1, 0.15) is 4.90 Å². The van der Waals surface area contributed by atoms with Gasteiger partial charge in [0.05, 0.1) is 6.04 Å². The second kappa shape index (κ2) is 9.24. The fraction of sp³-hybridized carbons (Fsp3) is 0.0690. The van der Waals surface area contributed by atoms with Crippen molar-refractivity contribution in [1.82, 2.24) is 5.32 Å². The molecule has 0 saturated heterocycles. The van der Waals surface area contributed by atoms with E-state index in [9.17, 15) is 13.2 Å². The molecular formula is C29H23NO4S. The second-order valence-electron chi connectivity index (χ2n) is 8.29. The van der Waals surface area contributed by atoms with Crippen LogP contribution in [0, 0.1) is 0 Å². The van der Waals surface area contributed by atoms with Crippen LogP contribution < -0.4 is 5.32 Å². The number of hydrogen-bond donors (Lipinski definition) is 1. The Morgan fingerprint density at radius 2 is 1.34 bits per heavy atom. The zero-order valence-electron chi connectivity index (χ0n) is 19.0.